The summed E-state index contributed by atoms with van der Waals surface area (Å²) in [5.41, 5.74) is 3.43. The quantitative estimate of drug-likeness (QED) is 0.688. The van der Waals surface area contributed by atoms with Crippen molar-refractivity contribution >= 4 is 0 Å². The zero-order valence-electron chi connectivity index (χ0n) is 14.0. The molecule has 2 aromatic carbocycles. The molecule has 1 heteroatoms. The molecule has 0 saturated heterocycles. The molecule has 0 spiro atoms. The van der Waals surface area contributed by atoms with E-state index in [1.807, 2.05) is 0 Å². The van der Waals surface area contributed by atoms with Crippen molar-refractivity contribution in [3.8, 4) is 0 Å². The molecule has 0 saturated carbocycles. The van der Waals surface area contributed by atoms with E-state index < -0.39 is 0 Å². The van der Waals surface area contributed by atoms with Crippen LogP contribution in [0.2, 0.25) is 0 Å². The molecule has 0 unspecified atom stereocenters. The number of hydrogen-bond acceptors (Lipinski definition) is 0. The van der Waals surface area contributed by atoms with Gasteiger partial charge in [-0.25, -0.2) is 0 Å². The summed E-state index contributed by atoms with van der Waals surface area (Å²) in [5, 5.41) is 0. The largest absolute Gasteiger partial charge is 0.358 e. The molecule has 0 heterocycles. The number of hydrogen-bond donors (Lipinski definition) is 0. The highest BCUT2D eigenvalue weighted by molar-refractivity contribution is 5.24. The van der Waals surface area contributed by atoms with Crippen LogP contribution in [0.4, 0.5) is 0 Å². The maximum absolute atomic E-state index is 2.33. The summed E-state index contributed by atoms with van der Waals surface area (Å²) in [4.78, 5) is 0. The van der Waals surface area contributed by atoms with Crippen LogP contribution in [0.5, 0.6) is 0 Å². The molecule has 0 aliphatic carbocycles. The average molecular weight is 393 g/mol. The maximum atomic E-state index is 2.33. The Morgan fingerprint density at radius 2 is 0.905 bits per heavy atom. The van der Waals surface area contributed by atoms with E-state index in [1.165, 1.54) is 11.1 Å². The van der Waals surface area contributed by atoms with Crippen molar-refractivity contribution in [2.24, 2.45) is 0 Å². The van der Waals surface area contributed by atoms with E-state index in [2.05, 4.69) is 90.1 Å². The van der Waals surface area contributed by atoms with Gasteiger partial charge in [0.1, 0.15) is 0 Å². The fraction of sp³-hybridized carbons (Fsp3) is 0.400. The summed E-state index contributed by atoms with van der Waals surface area (Å²) in [6.07, 6.45) is 0. The highest BCUT2D eigenvalue weighted by Gasteiger charge is 2.30. The minimum Gasteiger partial charge on any atom is -0.0616 e. The van der Waals surface area contributed by atoms with Crippen LogP contribution in [-0.4, -0.2) is 0 Å². The first-order valence-corrected chi connectivity index (χ1v) is 9.69. The van der Waals surface area contributed by atoms with Crippen LogP contribution in [0.3, 0.4) is 0 Å². The van der Waals surface area contributed by atoms with Gasteiger partial charge in [-0.3, -0.25) is 0 Å². The van der Waals surface area contributed by atoms with Crippen molar-refractivity contribution in [1.29, 1.82) is 0 Å². The molecule has 21 heavy (non-hydrogen) atoms. The third-order valence-electron chi connectivity index (χ3n) is 3.57. The third kappa shape index (κ3) is 4.09. The van der Waals surface area contributed by atoms with Crippen LogP contribution in [-0.2, 0) is 10.8 Å². The summed E-state index contributed by atoms with van der Waals surface area (Å²) in [5.74, 6) is 0. The maximum Gasteiger partial charge on any atom is 0.358 e. The first kappa shape index (κ1) is 16.5. The van der Waals surface area contributed by atoms with Gasteiger partial charge in [-0.05, 0) is 23.0 Å². The first-order chi connectivity index (χ1) is 9.69. The lowest BCUT2D eigenvalue weighted by Gasteiger charge is -2.20. The first-order valence-electron chi connectivity index (χ1n) is 7.53. The minimum atomic E-state index is -0.147. The highest BCUT2D eigenvalue weighted by atomic mass is 127. The molecular formula is C20H26I+. The predicted molar refractivity (Wildman–Crippen MR) is 87.7 cm³/mol. The monoisotopic (exact) mass is 393 g/mol. The normalized spacial score (nSPS) is 12.5. The van der Waals surface area contributed by atoms with E-state index in [-0.39, 0.29) is 32.0 Å². The molecule has 0 aliphatic heterocycles. The van der Waals surface area contributed by atoms with E-state index in [0.717, 1.165) is 0 Å². The summed E-state index contributed by atoms with van der Waals surface area (Å²) in [6.45, 7) is 13.9. The Kier molecular flexibility index (Phi) is 4.82. The minimum absolute atomic E-state index is 0.147. The zero-order chi connectivity index (χ0) is 15.7. The van der Waals surface area contributed by atoms with Crippen molar-refractivity contribution in [2.45, 2.75) is 52.4 Å². The van der Waals surface area contributed by atoms with Gasteiger partial charge < -0.3 is 0 Å². The van der Waals surface area contributed by atoms with Gasteiger partial charge in [-0.15, -0.1) is 0 Å². The fourth-order valence-electron chi connectivity index (χ4n) is 2.41. The van der Waals surface area contributed by atoms with E-state index in [9.17, 15) is 0 Å². The molecule has 0 bridgehead atoms. The molecule has 0 atom stereocenters. The van der Waals surface area contributed by atoms with E-state index in [0.29, 0.717) is 0 Å². The Bertz CT molecular complexity index is 557. The van der Waals surface area contributed by atoms with E-state index in [4.69, 9.17) is 0 Å². The summed E-state index contributed by atoms with van der Waals surface area (Å²) in [6, 6.07) is 18.0. The van der Waals surface area contributed by atoms with Crippen molar-refractivity contribution in [3.05, 3.63) is 66.8 Å². The predicted octanol–water partition coefficient (Wildman–Crippen LogP) is 2.41. The van der Waals surface area contributed by atoms with Gasteiger partial charge in [-0.2, -0.15) is 0 Å². The molecule has 0 aliphatic rings. The number of benzene rings is 2. The van der Waals surface area contributed by atoms with Crippen molar-refractivity contribution < 1.29 is 21.2 Å². The topological polar surface area (TPSA) is 0 Å². The van der Waals surface area contributed by atoms with Crippen LogP contribution in [0.15, 0.2) is 48.5 Å². The Morgan fingerprint density at radius 1 is 0.571 bits per heavy atom. The Hall–Kier alpha value is -0.830. The van der Waals surface area contributed by atoms with Crippen LogP contribution in [0, 0.1) is 7.14 Å². The van der Waals surface area contributed by atoms with Gasteiger partial charge in [0.05, 0.1) is 0 Å². The lowest BCUT2D eigenvalue weighted by molar-refractivity contribution is -0.599. The van der Waals surface area contributed by atoms with Crippen molar-refractivity contribution in [3.63, 3.8) is 0 Å². The van der Waals surface area contributed by atoms with E-state index in [1.54, 1.807) is 7.14 Å². The van der Waals surface area contributed by atoms with Gasteiger partial charge in [0.15, 0.2) is 7.14 Å². The zero-order valence-corrected chi connectivity index (χ0v) is 16.2. The standard InChI is InChI=1S/C20H26I/c1-19(2,3)15-11-7-9-13-17(15)21-18-14-10-8-12-16(18)20(4,5)6/h7-14H,1-6H3/q+1. The van der Waals surface area contributed by atoms with Gasteiger partial charge in [0.2, 0.25) is 0 Å². The lowest BCUT2D eigenvalue weighted by atomic mass is 9.87. The van der Waals surface area contributed by atoms with E-state index >= 15 is 0 Å². The second-order valence-corrected chi connectivity index (χ2v) is 10.4. The Labute approximate surface area is 140 Å². The molecule has 2 aromatic rings. The molecule has 0 N–H and O–H groups in total. The molecule has 112 valence electrons. The number of rotatable bonds is 2. The molecule has 0 nitrogen and oxygen atoms in total. The molecule has 0 fully saturated rings. The second-order valence-electron chi connectivity index (χ2n) is 7.55. The fourth-order valence-corrected chi connectivity index (χ4v) is 6.37. The van der Waals surface area contributed by atoms with Crippen LogP contribution in [0.1, 0.15) is 52.7 Å². The number of halogens is 1. The van der Waals surface area contributed by atoms with Gasteiger partial charge >= 0.3 is 21.2 Å². The smallest absolute Gasteiger partial charge is 0.0616 e. The van der Waals surface area contributed by atoms with Crippen LogP contribution in [0.25, 0.3) is 0 Å². The molecular weight excluding hydrogens is 367 g/mol. The molecule has 0 radical (unpaired) electrons. The summed E-state index contributed by atoms with van der Waals surface area (Å²) in [7, 11) is 0. The van der Waals surface area contributed by atoms with Crippen LogP contribution < -0.4 is 21.2 Å². The summed E-state index contributed by atoms with van der Waals surface area (Å²) < 4.78 is 3.11. The SMILES string of the molecule is CC(C)(C)c1ccccc1[I+]c1ccccc1C(C)(C)C. The average Bonchev–Trinajstić information content (AvgIpc) is 2.37. The van der Waals surface area contributed by atoms with Gasteiger partial charge in [-0.1, -0.05) is 77.9 Å². The van der Waals surface area contributed by atoms with Crippen LogP contribution >= 0.6 is 0 Å². The Balaban J connectivity index is 2.45. The lowest BCUT2D eigenvalue weighted by Crippen LogP contribution is -3.62. The summed E-state index contributed by atoms with van der Waals surface area (Å²) >= 11 is -0.147. The van der Waals surface area contributed by atoms with Gasteiger partial charge in [0, 0.05) is 11.1 Å². The molecule has 0 aromatic heterocycles. The highest BCUT2D eigenvalue weighted by Crippen LogP contribution is 2.23. The Morgan fingerprint density at radius 3 is 1.24 bits per heavy atom. The van der Waals surface area contributed by atoms with Crippen molar-refractivity contribution in [1.82, 2.24) is 0 Å². The van der Waals surface area contributed by atoms with Crippen molar-refractivity contribution in [2.75, 3.05) is 0 Å². The molecule has 0 amide bonds. The molecule has 2 rings (SSSR count). The van der Waals surface area contributed by atoms with Gasteiger partial charge in [0.25, 0.3) is 0 Å². The second kappa shape index (κ2) is 6.12. The third-order valence-corrected chi connectivity index (χ3v) is 6.61.